The zero-order chi connectivity index (χ0) is 12.4. The SMILES string of the molecule is COc1ccc(C(=O)c2sc(C)cc2C)cc1. The molecule has 17 heavy (non-hydrogen) atoms. The van der Waals surface area contributed by atoms with Gasteiger partial charge in [0, 0.05) is 10.4 Å². The Morgan fingerprint density at radius 2 is 1.82 bits per heavy atom. The van der Waals surface area contributed by atoms with Crippen molar-refractivity contribution in [1.82, 2.24) is 0 Å². The fourth-order valence-electron chi connectivity index (χ4n) is 1.74. The fraction of sp³-hybridized carbons (Fsp3) is 0.214. The van der Waals surface area contributed by atoms with Crippen LogP contribution in [0.25, 0.3) is 0 Å². The Hall–Kier alpha value is -1.61. The fourth-order valence-corrected chi connectivity index (χ4v) is 2.73. The van der Waals surface area contributed by atoms with Gasteiger partial charge in [-0.15, -0.1) is 11.3 Å². The second-order valence-electron chi connectivity index (χ2n) is 3.93. The van der Waals surface area contributed by atoms with E-state index in [1.807, 2.05) is 32.0 Å². The molecule has 3 heteroatoms. The third-order valence-electron chi connectivity index (χ3n) is 2.60. The number of hydrogen-bond donors (Lipinski definition) is 0. The monoisotopic (exact) mass is 246 g/mol. The summed E-state index contributed by atoms with van der Waals surface area (Å²) >= 11 is 1.55. The summed E-state index contributed by atoms with van der Waals surface area (Å²) in [4.78, 5) is 14.2. The van der Waals surface area contributed by atoms with Crippen LogP contribution in [-0.4, -0.2) is 12.9 Å². The molecule has 0 aliphatic heterocycles. The first-order valence-electron chi connectivity index (χ1n) is 5.37. The van der Waals surface area contributed by atoms with Gasteiger partial charge in [-0.3, -0.25) is 4.79 Å². The second-order valence-corrected chi connectivity index (χ2v) is 5.18. The van der Waals surface area contributed by atoms with Crippen LogP contribution >= 0.6 is 11.3 Å². The minimum atomic E-state index is 0.0863. The summed E-state index contributed by atoms with van der Waals surface area (Å²) in [5, 5.41) is 0. The van der Waals surface area contributed by atoms with Crippen LogP contribution in [0.4, 0.5) is 0 Å². The lowest BCUT2D eigenvalue weighted by Crippen LogP contribution is -2.00. The average molecular weight is 246 g/mol. The summed E-state index contributed by atoms with van der Waals surface area (Å²) < 4.78 is 5.07. The van der Waals surface area contributed by atoms with E-state index in [1.165, 1.54) is 4.88 Å². The van der Waals surface area contributed by atoms with Gasteiger partial charge in [-0.25, -0.2) is 0 Å². The molecule has 0 N–H and O–H groups in total. The minimum absolute atomic E-state index is 0.0863. The van der Waals surface area contributed by atoms with Gasteiger partial charge in [-0.2, -0.15) is 0 Å². The predicted octanol–water partition coefficient (Wildman–Crippen LogP) is 3.60. The van der Waals surface area contributed by atoms with Gasteiger partial charge in [0.15, 0.2) is 0 Å². The highest BCUT2D eigenvalue weighted by atomic mass is 32.1. The number of methoxy groups -OCH3 is 1. The smallest absolute Gasteiger partial charge is 0.203 e. The van der Waals surface area contributed by atoms with Crippen molar-refractivity contribution in [2.75, 3.05) is 7.11 Å². The molecule has 1 aromatic carbocycles. The van der Waals surface area contributed by atoms with E-state index in [1.54, 1.807) is 30.6 Å². The van der Waals surface area contributed by atoms with Crippen LogP contribution in [-0.2, 0) is 0 Å². The summed E-state index contributed by atoms with van der Waals surface area (Å²) in [5.74, 6) is 0.851. The van der Waals surface area contributed by atoms with Crippen LogP contribution < -0.4 is 4.74 Å². The van der Waals surface area contributed by atoms with E-state index >= 15 is 0 Å². The number of hydrogen-bond acceptors (Lipinski definition) is 3. The summed E-state index contributed by atoms with van der Waals surface area (Å²) in [6.45, 7) is 3.99. The molecule has 1 heterocycles. The Balaban J connectivity index is 2.33. The average Bonchev–Trinajstić information content (AvgIpc) is 2.68. The van der Waals surface area contributed by atoms with E-state index in [-0.39, 0.29) is 5.78 Å². The van der Waals surface area contributed by atoms with Crippen molar-refractivity contribution >= 4 is 17.1 Å². The highest BCUT2D eigenvalue weighted by Gasteiger charge is 2.14. The van der Waals surface area contributed by atoms with E-state index in [0.717, 1.165) is 16.2 Å². The largest absolute Gasteiger partial charge is 0.497 e. The van der Waals surface area contributed by atoms with Crippen LogP contribution in [0.2, 0.25) is 0 Å². The molecule has 0 fully saturated rings. The van der Waals surface area contributed by atoms with E-state index in [9.17, 15) is 4.79 Å². The number of ketones is 1. The highest BCUT2D eigenvalue weighted by molar-refractivity contribution is 7.14. The van der Waals surface area contributed by atoms with E-state index in [2.05, 4.69) is 0 Å². The molecule has 88 valence electrons. The molecule has 0 aliphatic rings. The number of ether oxygens (including phenoxy) is 1. The maximum atomic E-state index is 12.2. The molecule has 2 aromatic rings. The van der Waals surface area contributed by atoms with Crippen LogP contribution in [0, 0.1) is 13.8 Å². The third-order valence-corrected chi connectivity index (χ3v) is 3.75. The van der Waals surface area contributed by atoms with Gasteiger partial charge in [0.1, 0.15) is 5.75 Å². The Labute approximate surface area is 105 Å². The number of benzene rings is 1. The highest BCUT2D eigenvalue weighted by Crippen LogP contribution is 2.24. The molecule has 0 aliphatic carbocycles. The number of thiophene rings is 1. The van der Waals surface area contributed by atoms with Gasteiger partial charge in [0.05, 0.1) is 12.0 Å². The summed E-state index contributed by atoms with van der Waals surface area (Å²) in [6, 6.07) is 9.26. The maximum absolute atomic E-state index is 12.2. The quantitative estimate of drug-likeness (QED) is 0.773. The Bertz CT molecular complexity index is 538. The molecule has 0 atom stereocenters. The van der Waals surface area contributed by atoms with Gasteiger partial charge in [-0.05, 0) is 49.7 Å². The first-order valence-corrected chi connectivity index (χ1v) is 6.19. The minimum Gasteiger partial charge on any atom is -0.497 e. The molecular formula is C14H14O2S. The van der Waals surface area contributed by atoms with E-state index < -0.39 is 0 Å². The second kappa shape index (κ2) is 4.72. The molecule has 1 aromatic heterocycles. The van der Waals surface area contributed by atoms with E-state index in [4.69, 9.17) is 4.74 Å². The van der Waals surface area contributed by atoms with Gasteiger partial charge in [0.25, 0.3) is 0 Å². The van der Waals surface area contributed by atoms with Gasteiger partial charge >= 0.3 is 0 Å². The van der Waals surface area contributed by atoms with Crippen molar-refractivity contribution in [3.63, 3.8) is 0 Å². The molecule has 0 bridgehead atoms. The van der Waals surface area contributed by atoms with Crippen molar-refractivity contribution < 1.29 is 9.53 Å². The molecule has 0 amide bonds. The molecule has 0 radical (unpaired) electrons. The Kier molecular flexibility index (Phi) is 3.29. The summed E-state index contributed by atoms with van der Waals surface area (Å²) in [6.07, 6.45) is 0. The van der Waals surface area contributed by atoms with E-state index in [0.29, 0.717) is 5.56 Å². The lowest BCUT2D eigenvalue weighted by Gasteiger charge is -2.02. The van der Waals surface area contributed by atoms with Crippen molar-refractivity contribution in [3.8, 4) is 5.75 Å². The standard InChI is InChI=1S/C14H14O2S/c1-9-8-10(2)17-14(9)13(15)11-4-6-12(16-3)7-5-11/h4-8H,1-3H3. The molecule has 0 spiro atoms. The molecule has 2 nitrogen and oxygen atoms in total. The van der Waals surface area contributed by atoms with Crippen molar-refractivity contribution in [2.45, 2.75) is 13.8 Å². The lowest BCUT2D eigenvalue weighted by molar-refractivity contribution is 0.104. The Morgan fingerprint density at radius 3 is 2.29 bits per heavy atom. The lowest BCUT2D eigenvalue weighted by atomic mass is 10.1. The molecule has 0 saturated heterocycles. The van der Waals surface area contributed by atoms with Crippen molar-refractivity contribution in [3.05, 3.63) is 51.2 Å². The maximum Gasteiger partial charge on any atom is 0.203 e. The molecular weight excluding hydrogens is 232 g/mol. The zero-order valence-electron chi connectivity index (χ0n) is 10.1. The number of carbonyl (C=O) groups excluding carboxylic acids is 1. The van der Waals surface area contributed by atoms with Gasteiger partial charge in [0.2, 0.25) is 5.78 Å². The molecule has 0 unspecified atom stereocenters. The predicted molar refractivity (Wildman–Crippen MR) is 70.2 cm³/mol. The normalized spacial score (nSPS) is 10.3. The number of aryl methyl sites for hydroxylation is 2. The van der Waals surface area contributed by atoms with Crippen molar-refractivity contribution in [2.24, 2.45) is 0 Å². The first kappa shape index (κ1) is 11.9. The Morgan fingerprint density at radius 1 is 1.18 bits per heavy atom. The topological polar surface area (TPSA) is 26.3 Å². The molecule has 0 saturated carbocycles. The van der Waals surface area contributed by atoms with Crippen LogP contribution in [0.3, 0.4) is 0 Å². The number of carbonyl (C=O) groups is 1. The zero-order valence-corrected chi connectivity index (χ0v) is 10.9. The number of rotatable bonds is 3. The first-order chi connectivity index (χ1) is 8.11. The summed E-state index contributed by atoms with van der Waals surface area (Å²) in [7, 11) is 1.61. The van der Waals surface area contributed by atoms with Crippen LogP contribution in [0.1, 0.15) is 25.7 Å². The van der Waals surface area contributed by atoms with Gasteiger partial charge < -0.3 is 4.74 Å². The van der Waals surface area contributed by atoms with Crippen LogP contribution in [0.15, 0.2) is 30.3 Å². The van der Waals surface area contributed by atoms with Crippen LogP contribution in [0.5, 0.6) is 5.75 Å². The van der Waals surface area contributed by atoms with Gasteiger partial charge in [-0.1, -0.05) is 0 Å². The summed E-state index contributed by atoms with van der Waals surface area (Å²) in [5.41, 5.74) is 1.75. The third kappa shape index (κ3) is 2.39. The molecule has 2 rings (SSSR count). The van der Waals surface area contributed by atoms with Crippen molar-refractivity contribution in [1.29, 1.82) is 0 Å².